The number of hydrogen-bond acceptors (Lipinski definition) is 4. The molecule has 0 radical (unpaired) electrons. The van der Waals surface area contributed by atoms with Gasteiger partial charge in [-0.15, -0.1) is 10.2 Å². The fraction of sp³-hybridized carbons (Fsp3) is 0.444. The molecule has 0 amide bonds. The van der Waals surface area contributed by atoms with Crippen LogP contribution < -0.4 is 5.32 Å². The van der Waals surface area contributed by atoms with Gasteiger partial charge in [0, 0.05) is 18.2 Å². The number of likely N-dealkylation sites (N-methyl/N-ethyl adjacent to an activating group) is 1. The van der Waals surface area contributed by atoms with E-state index in [1.807, 2.05) is 19.1 Å². The zero-order chi connectivity index (χ0) is 16.2. The summed E-state index contributed by atoms with van der Waals surface area (Å²) in [5.41, 5.74) is 2.49. The van der Waals surface area contributed by atoms with Crippen LogP contribution in [-0.4, -0.2) is 40.8 Å². The molecule has 5 heteroatoms. The number of rotatable bonds is 4. The highest BCUT2D eigenvalue weighted by molar-refractivity contribution is 5.61. The Morgan fingerprint density at radius 1 is 1.30 bits per heavy atom. The van der Waals surface area contributed by atoms with Crippen molar-refractivity contribution < 1.29 is 4.39 Å². The SMILES string of the molecule is CCN1CCCC(Nc2nnc(-c3cccc(F)c3)cc2C)C1. The smallest absolute Gasteiger partial charge is 0.151 e. The Morgan fingerprint density at radius 3 is 2.91 bits per heavy atom. The molecule has 122 valence electrons. The zero-order valence-electron chi connectivity index (χ0n) is 13.7. The number of halogens is 1. The Kier molecular flexibility index (Phi) is 4.86. The number of likely N-dealkylation sites (tertiary alicyclic amines) is 1. The molecular formula is C18H23FN4. The topological polar surface area (TPSA) is 41.0 Å². The third-order valence-corrected chi connectivity index (χ3v) is 4.40. The first kappa shape index (κ1) is 15.9. The first-order valence-corrected chi connectivity index (χ1v) is 8.25. The number of benzene rings is 1. The van der Waals surface area contributed by atoms with Crippen molar-refractivity contribution in [3.63, 3.8) is 0 Å². The summed E-state index contributed by atoms with van der Waals surface area (Å²) in [6.45, 7) is 7.52. The monoisotopic (exact) mass is 314 g/mol. The van der Waals surface area contributed by atoms with E-state index in [2.05, 4.69) is 27.3 Å². The van der Waals surface area contributed by atoms with Gasteiger partial charge in [0.05, 0.1) is 5.69 Å². The van der Waals surface area contributed by atoms with Crippen molar-refractivity contribution >= 4 is 5.82 Å². The van der Waals surface area contributed by atoms with Gasteiger partial charge in [-0.3, -0.25) is 0 Å². The van der Waals surface area contributed by atoms with Crippen LogP contribution in [0.5, 0.6) is 0 Å². The van der Waals surface area contributed by atoms with Crippen LogP contribution in [0.2, 0.25) is 0 Å². The molecule has 3 rings (SSSR count). The van der Waals surface area contributed by atoms with E-state index >= 15 is 0 Å². The highest BCUT2D eigenvalue weighted by atomic mass is 19.1. The highest BCUT2D eigenvalue weighted by Gasteiger charge is 2.19. The second-order valence-corrected chi connectivity index (χ2v) is 6.15. The number of aryl methyl sites for hydroxylation is 1. The first-order valence-electron chi connectivity index (χ1n) is 8.25. The van der Waals surface area contributed by atoms with Gasteiger partial charge >= 0.3 is 0 Å². The fourth-order valence-electron chi connectivity index (χ4n) is 3.07. The van der Waals surface area contributed by atoms with E-state index in [-0.39, 0.29) is 5.82 Å². The molecule has 2 heterocycles. The molecule has 0 aliphatic carbocycles. The lowest BCUT2D eigenvalue weighted by atomic mass is 10.1. The average Bonchev–Trinajstić information content (AvgIpc) is 2.57. The van der Waals surface area contributed by atoms with Crippen LogP contribution in [-0.2, 0) is 0 Å². The van der Waals surface area contributed by atoms with Gasteiger partial charge in [0.2, 0.25) is 0 Å². The Morgan fingerprint density at radius 2 is 2.17 bits per heavy atom. The van der Waals surface area contributed by atoms with Crippen LogP contribution in [0.25, 0.3) is 11.3 Å². The summed E-state index contributed by atoms with van der Waals surface area (Å²) in [5, 5.41) is 12.1. The molecule has 1 aromatic heterocycles. The molecule has 1 fully saturated rings. The summed E-state index contributed by atoms with van der Waals surface area (Å²) in [5.74, 6) is 0.569. The second-order valence-electron chi connectivity index (χ2n) is 6.15. The molecular weight excluding hydrogens is 291 g/mol. The van der Waals surface area contributed by atoms with Crippen LogP contribution in [0.15, 0.2) is 30.3 Å². The van der Waals surface area contributed by atoms with Crippen molar-refractivity contribution in [2.75, 3.05) is 25.0 Å². The summed E-state index contributed by atoms with van der Waals surface area (Å²) in [6.07, 6.45) is 2.36. The lowest BCUT2D eigenvalue weighted by Gasteiger charge is -2.32. The van der Waals surface area contributed by atoms with Gasteiger partial charge in [-0.1, -0.05) is 19.1 Å². The predicted octanol–water partition coefficient (Wildman–Crippen LogP) is 3.49. The minimum atomic E-state index is -0.258. The van der Waals surface area contributed by atoms with Crippen molar-refractivity contribution in [2.45, 2.75) is 32.7 Å². The van der Waals surface area contributed by atoms with E-state index in [9.17, 15) is 4.39 Å². The summed E-state index contributed by atoms with van der Waals surface area (Å²) in [4.78, 5) is 2.45. The molecule has 1 N–H and O–H groups in total. The predicted molar refractivity (Wildman–Crippen MR) is 90.9 cm³/mol. The number of anilines is 1. The molecule has 1 atom stereocenters. The lowest BCUT2D eigenvalue weighted by Crippen LogP contribution is -2.42. The fourth-order valence-corrected chi connectivity index (χ4v) is 3.07. The number of aromatic nitrogens is 2. The van der Waals surface area contributed by atoms with Gasteiger partial charge in [-0.2, -0.15) is 0 Å². The van der Waals surface area contributed by atoms with E-state index in [1.165, 1.54) is 25.1 Å². The summed E-state index contributed by atoms with van der Waals surface area (Å²) >= 11 is 0. The van der Waals surface area contributed by atoms with E-state index in [1.54, 1.807) is 6.07 Å². The van der Waals surface area contributed by atoms with Gasteiger partial charge in [-0.25, -0.2) is 4.39 Å². The number of nitrogens with one attached hydrogen (secondary N) is 1. The Labute approximate surface area is 136 Å². The number of piperidine rings is 1. The van der Waals surface area contributed by atoms with Gasteiger partial charge in [0.25, 0.3) is 0 Å². The first-order chi connectivity index (χ1) is 11.2. The molecule has 0 saturated carbocycles. The number of hydrogen-bond donors (Lipinski definition) is 1. The van der Waals surface area contributed by atoms with Crippen molar-refractivity contribution in [1.29, 1.82) is 0 Å². The molecule has 1 aliphatic heterocycles. The van der Waals surface area contributed by atoms with Crippen molar-refractivity contribution in [3.05, 3.63) is 41.7 Å². The summed E-state index contributed by atoms with van der Waals surface area (Å²) < 4.78 is 13.3. The van der Waals surface area contributed by atoms with Crippen LogP contribution in [0, 0.1) is 12.7 Å². The molecule has 1 unspecified atom stereocenters. The van der Waals surface area contributed by atoms with Crippen LogP contribution in [0.1, 0.15) is 25.3 Å². The van der Waals surface area contributed by atoms with E-state index in [0.717, 1.165) is 36.5 Å². The maximum absolute atomic E-state index is 13.3. The largest absolute Gasteiger partial charge is 0.364 e. The third kappa shape index (κ3) is 3.85. The summed E-state index contributed by atoms with van der Waals surface area (Å²) in [7, 11) is 0. The number of nitrogens with zero attached hydrogens (tertiary/aromatic N) is 3. The van der Waals surface area contributed by atoms with Crippen LogP contribution in [0.3, 0.4) is 0 Å². The summed E-state index contributed by atoms with van der Waals surface area (Å²) in [6, 6.07) is 8.83. The van der Waals surface area contributed by atoms with Crippen molar-refractivity contribution in [2.24, 2.45) is 0 Å². The van der Waals surface area contributed by atoms with Gasteiger partial charge in [0.15, 0.2) is 5.82 Å². The quantitative estimate of drug-likeness (QED) is 0.938. The molecule has 23 heavy (non-hydrogen) atoms. The molecule has 1 aromatic carbocycles. The minimum Gasteiger partial charge on any atom is -0.364 e. The molecule has 0 bridgehead atoms. The zero-order valence-corrected chi connectivity index (χ0v) is 13.7. The molecule has 2 aromatic rings. The average molecular weight is 314 g/mol. The molecule has 0 spiro atoms. The van der Waals surface area contributed by atoms with E-state index in [0.29, 0.717) is 11.7 Å². The van der Waals surface area contributed by atoms with Crippen LogP contribution in [0.4, 0.5) is 10.2 Å². The Balaban J connectivity index is 1.74. The third-order valence-electron chi connectivity index (χ3n) is 4.40. The van der Waals surface area contributed by atoms with Gasteiger partial charge in [-0.05, 0) is 56.6 Å². The van der Waals surface area contributed by atoms with Gasteiger partial charge < -0.3 is 10.2 Å². The molecule has 1 aliphatic rings. The Hall–Kier alpha value is -2.01. The normalized spacial score (nSPS) is 18.8. The minimum absolute atomic E-state index is 0.258. The van der Waals surface area contributed by atoms with Crippen molar-refractivity contribution in [1.82, 2.24) is 15.1 Å². The lowest BCUT2D eigenvalue weighted by molar-refractivity contribution is 0.226. The van der Waals surface area contributed by atoms with Gasteiger partial charge in [0.1, 0.15) is 5.82 Å². The highest BCUT2D eigenvalue weighted by Crippen LogP contribution is 2.22. The maximum Gasteiger partial charge on any atom is 0.151 e. The van der Waals surface area contributed by atoms with Crippen molar-refractivity contribution in [3.8, 4) is 11.3 Å². The molecule has 4 nitrogen and oxygen atoms in total. The Bertz CT molecular complexity index is 674. The second kappa shape index (κ2) is 7.04. The van der Waals surface area contributed by atoms with E-state index in [4.69, 9.17) is 0 Å². The molecule has 1 saturated heterocycles. The standard InChI is InChI=1S/C18H23FN4/c1-3-23-9-5-8-16(12-23)20-18-13(2)10-17(21-22-18)14-6-4-7-15(19)11-14/h4,6-7,10-11,16H,3,5,8-9,12H2,1-2H3,(H,20,22). The van der Waals surface area contributed by atoms with E-state index < -0.39 is 0 Å². The van der Waals surface area contributed by atoms with Crippen LogP contribution >= 0.6 is 0 Å². The maximum atomic E-state index is 13.3.